The summed E-state index contributed by atoms with van der Waals surface area (Å²) in [6, 6.07) is 0. The van der Waals surface area contributed by atoms with Crippen molar-refractivity contribution in [2.24, 2.45) is 0 Å². The fourth-order valence-electron chi connectivity index (χ4n) is 1.40. The Morgan fingerprint density at radius 2 is 2.31 bits per heavy atom. The molecule has 0 saturated carbocycles. The second kappa shape index (κ2) is 7.92. The Bertz CT molecular complexity index is 210. The fourth-order valence-corrected chi connectivity index (χ4v) is 2.32. The minimum Gasteiger partial charge on any atom is -0.435 e. The number of thioether (sulfide) groups is 1. The third-order valence-corrected chi connectivity index (χ3v) is 3.25. The van der Waals surface area contributed by atoms with Crippen molar-refractivity contribution in [3.05, 3.63) is 0 Å². The van der Waals surface area contributed by atoms with Crippen molar-refractivity contribution in [3.63, 3.8) is 0 Å². The molecule has 2 unspecified atom stereocenters. The molecule has 1 saturated heterocycles. The van der Waals surface area contributed by atoms with E-state index in [2.05, 4.69) is 6.92 Å². The highest BCUT2D eigenvalue weighted by molar-refractivity contribution is 8.00. The Labute approximate surface area is 101 Å². The van der Waals surface area contributed by atoms with Gasteiger partial charge in [-0.05, 0) is 6.42 Å². The average Bonchev–Trinajstić information content (AvgIpc) is 2.64. The maximum Gasteiger partial charge on any atom is 0.304 e. The van der Waals surface area contributed by atoms with Gasteiger partial charge in [-0.2, -0.15) is 0 Å². The van der Waals surface area contributed by atoms with E-state index in [0.29, 0.717) is 12.4 Å². The number of hydrogen-bond donors (Lipinski definition) is 0. The van der Waals surface area contributed by atoms with Crippen LogP contribution in [0.4, 0.5) is 0 Å². The highest BCUT2D eigenvalue weighted by Gasteiger charge is 2.27. The molecular weight excluding hydrogens is 228 g/mol. The lowest BCUT2D eigenvalue weighted by atomic mass is 10.3. The van der Waals surface area contributed by atoms with Gasteiger partial charge >= 0.3 is 5.97 Å². The number of unbranched alkanes of at least 4 members (excludes halogenated alkanes) is 2. The molecule has 1 aliphatic rings. The van der Waals surface area contributed by atoms with Crippen molar-refractivity contribution in [1.29, 1.82) is 0 Å². The number of ether oxygens (including phenoxy) is 3. The van der Waals surface area contributed by atoms with Gasteiger partial charge in [-0.1, -0.05) is 19.8 Å². The maximum absolute atomic E-state index is 10.7. The van der Waals surface area contributed by atoms with E-state index in [0.717, 1.165) is 13.0 Å². The van der Waals surface area contributed by atoms with Crippen LogP contribution in [-0.4, -0.2) is 36.7 Å². The molecule has 0 spiro atoms. The second-order valence-electron chi connectivity index (χ2n) is 3.72. The van der Waals surface area contributed by atoms with Crippen molar-refractivity contribution >= 4 is 17.7 Å². The maximum atomic E-state index is 10.7. The Hall–Kier alpha value is -0.260. The standard InChI is InChI=1S/C11H20O4S/c1-3-4-5-6-13-7-11-15-10(8-16-11)14-9(2)12/h10-11H,3-8H2,1-2H3. The fraction of sp³-hybridized carbons (Fsp3) is 0.909. The summed E-state index contributed by atoms with van der Waals surface area (Å²) in [5.41, 5.74) is 0.00553. The van der Waals surface area contributed by atoms with Crippen LogP contribution in [0.2, 0.25) is 0 Å². The quantitative estimate of drug-likeness (QED) is 0.510. The van der Waals surface area contributed by atoms with Gasteiger partial charge < -0.3 is 14.2 Å². The van der Waals surface area contributed by atoms with Gasteiger partial charge in [0, 0.05) is 13.5 Å². The monoisotopic (exact) mass is 248 g/mol. The molecule has 16 heavy (non-hydrogen) atoms. The SMILES string of the molecule is CCCCCOCC1OC(OC(C)=O)CS1. The lowest BCUT2D eigenvalue weighted by Gasteiger charge is -2.12. The summed E-state index contributed by atoms with van der Waals surface area (Å²) in [5, 5.41) is 0. The lowest BCUT2D eigenvalue weighted by Crippen LogP contribution is -2.21. The Morgan fingerprint density at radius 1 is 1.50 bits per heavy atom. The molecule has 1 rings (SSSR count). The highest BCUT2D eigenvalue weighted by Crippen LogP contribution is 2.26. The van der Waals surface area contributed by atoms with E-state index in [1.165, 1.54) is 19.8 Å². The lowest BCUT2D eigenvalue weighted by molar-refractivity contribution is -0.172. The van der Waals surface area contributed by atoms with Crippen molar-refractivity contribution in [2.75, 3.05) is 19.0 Å². The first-order valence-electron chi connectivity index (χ1n) is 5.74. The smallest absolute Gasteiger partial charge is 0.304 e. The summed E-state index contributed by atoms with van der Waals surface area (Å²) in [5.74, 6) is 0.401. The molecule has 94 valence electrons. The Morgan fingerprint density at radius 3 is 3.00 bits per heavy atom. The number of esters is 1. The number of rotatable bonds is 7. The molecule has 0 bridgehead atoms. The van der Waals surface area contributed by atoms with Crippen molar-refractivity contribution < 1.29 is 19.0 Å². The molecule has 1 fully saturated rings. The van der Waals surface area contributed by atoms with E-state index in [4.69, 9.17) is 14.2 Å². The molecule has 1 aliphatic heterocycles. The molecule has 1 heterocycles. The van der Waals surface area contributed by atoms with Gasteiger partial charge in [0.25, 0.3) is 0 Å². The molecule has 0 aliphatic carbocycles. The molecule has 2 atom stereocenters. The molecule has 0 N–H and O–H groups in total. The van der Waals surface area contributed by atoms with Crippen LogP contribution in [0.1, 0.15) is 33.1 Å². The molecule has 0 aromatic carbocycles. The second-order valence-corrected chi connectivity index (χ2v) is 4.91. The topological polar surface area (TPSA) is 44.8 Å². The normalized spacial score (nSPS) is 24.6. The summed E-state index contributed by atoms with van der Waals surface area (Å²) in [6.45, 7) is 4.92. The molecule has 0 aromatic rings. The molecule has 0 radical (unpaired) electrons. The van der Waals surface area contributed by atoms with Crippen molar-refractivity contribution in [1.82, 2.24) is 0 Å². The molecule has 5 heteroatoms. The summed E-state index contributed by atoms with van der Waals surface area (Å²) in [7, 11) is 0. The predicted octanol–water partition coefficient (Wildman–Crippen LogP) is 2.17. The van der Waals surface area contributed by atoms with Crippen molar-refractivity contribution in [3.8, 4) is 0 Å². The molecular formula is C11H20O4S. The zero-order valence-electron chi connectivity index (χ0n) is 9.94. The van der Waals surface area contributed by atoms with E-state index < -0.39 is 6.29 Å². The van der Waals surface area contributed by atoms with Gasteiger partial charge in [0.15, 0.2) is 0 Å². The van der Waals surface area contributed by atoms with Gasteiger partial charge in [0.05, 0.1) is 12.4 Å². The Kier molecular flexibility index (Phi) is 6.84. The third-order valence-electron chi connectivity index (χ3n) is 2.17. The summed E-state index contributed by atoms with van der Waals surface area (Å²) in [6.07, 6.45) is 3.11. The number of hydrogen-bond acceptors (Lipinski definition) is 5. The van der Waals surface area contributed by atoms with Crippen LogP contribution < -0.4 is 0 Å². The first-order valence-corrected chi connectivity index (χ1v) is 6.79. The van der Waals surface area contributed by atoms with Crippen LogP contribution in [0.15, 0.2) is 0 Å². The van der Waals surface area contributed by atoms with Crippen LogP contribution in [0.5, 0.6) is 0 Å². The van der Waals surface area contributed by atoms with Gasteiger partial charge in [-0.15, -0.1) is 11.8 Å². The van der Waals surface area contributed by atoms with Crippen LogP contribution in [0, 0.1) is 0 Å². The first-order chi connectivity index (χ1) is 7.72. The molecule has 0 amide bonds. The number of carbonyl (C=O) groups excluding carboxylic acids is 1. The summed E-state index contributed by atoms with van der Waals surface area (Å²) in [4.78, 5) is 10.7. The Balaban J connectivity index is 2.01. The molecule has 0 aromatic heterocycles. The predicted molar refractivity (Wildman–Crippen MR) is 63.2 cm³/mol. The minimum atomic E-state index is -0.397. The van der Waals surface area contributed by atoms with Crippen LogP contribution in [0.3, 0.4) is 0 Å². The van der Waals surface area contributed by atoms with E-state index in [9.17, 15) is 4.79 Å². The highest BCUT2D eigenvalue weighted by atomic mass is 32.2. The average molecular weight is 248 g/mol. The van der Waals surface area contributed by atoms with Gasteiger partial charge in [-0.25, -0.2) is 0 Å². The largest absolute Gasteiger partial charge is 0.435 e. The minimum absolute atomic E-state index is 0.00553. The molecule has 4 nitrogen and oxygen atoms in total. The zero-order valence-corrected chi connectivity index (χ0v) is 10.8. The summed E-state index contributed by atoms with van der Waals surface area (Å²) < 4.78 is 15.9. The van der Waals surface area contributed by atoms with Gasteiger partial charge in [0.2, 0.25) is 6.29 Å². The third kappa shape index (κ3) is 5.72. The van der Waals surface area contributed by atoms with Crippen LogP contribution in [0.25, 0.3) is 0 Å². The van der Waals surface area contributed by atoms with Gasteiger partial charge in [-0.3, -0.25) is 4.79 Å². The van der Waals surface area contributed by atoms with E-state index in [1.807, 2.05) is 0 Å². The van der Waals surface area contributed by atoms with Crippen molar-refractivity contribution in [2.45, 2.75) is 44.8 Å². The van der Waals surface area contributed by atoms with Crippen LogP contribution in [-0.2, 0) is 19.0 Å². The summed E-state index contributed by atoms with van der Waals surface area (Å²) >= 11 is 1.63. The van der Waals surface area contributed by atoms with E-state index in [-0.39, 0.29) is 11.4 Å². The van der Waals surface area contributed by atoms with Gasteiger partial charge in [0.1, 0.15) is 5.44 Å². The number of carbonyl (C=O) groups is 1. The van der Waals surface area contributed by atoms with Crippen LogP contribution >= 0.6 is 11.8 Å². The van der Waals surface area contributed by atoms with E-state index in [1.54, 1.807) is 11.8 Å². The zero-order chi connectivity index (χ0) is 11.8. The first kappa shape index (κ1) is 13.8. The van der Waals surface area contributed by atoms with E-state index >= 15 is 0 Å².